The number of hydrogen-bond donors (Lipinski definition) is 0. The maximum Gasteiger partial charge on any atom is 0.169 e. The lowest BCUT2D eigenvalue weighted by Gasteiger charge is -2.01. The van der Waals surface area contributed by atoms with E-state index in [1.807, 2.05) is 18.2 Å². The van der Waals surface area contributed by atoms with Crippen molar-refractivity contribution in [2.45, 2.75) is 5.38 Å². The zero-order chi connectivity index (χ0) is 11.0. The second kappa shape index (κ2) is 4.80. The highest BCUT2D eigenvalue weighted by atomic mass is 79.9. The van der Waals surface area contributed by atoms with E-state index in [0.717, 1.165) is 8.66 Å². The third kappa shape index (κ3) is 2.61. The molecule has 0 N–H and O–H groups in total. The molecule has 0 bridgehead atoms. The summed E-state index contributed by atoms with van der Waals surface area (Å²) in [4.78, 5) is 0.954. The Labute approximate surface area is 118 Å². The molecule has 0 saturated heterocycles. The summed E-state index contributed by atoms with van der Waals surface area (Å²) in [5, 5.41) is 0.372. The Bertz CT molecular complexity index is 461. The van der Waals surface area contributed by atoms with Crippen LogP contribution in [0.25, 0.3) is 0 Å². The summed E-state index contributed by atoms with van der Waals surface area (Å²) >= 11 is 20.3. The molecule has 0 aliphatic heterocycles. The average molecular weight is 391 g/mol. The molecule has 0 aliphatic carbocycles. The Morgan fingerprint density at radius 1 is 1.33 bits per heavy atom. The second-order valence-corrected chi connectivity index (χ2v) is 6.80. The largest absolute Gasteiger partial charge is 0.452 e. The molecule has 0 saturated carbocycles. The predicted octanol–water partition coefficient (Wildman–Crippen LogP) is 5.85. The molecule has 2 aromatic rings. The van der Waals surface area contributed by atoms with Gasteiger partial charge in [-0.05, 0) is 50.1 Å². The lowest BCUT2D eigenvalue weighted by molar-refractivity contribution is 0.495. The molecule has 2 rings (SSSR count). The molecular weight excluding hydrogens is 387 g/mol. The topological polar surface area (TPSA) is 13.1 Å². The van der Waals surface area contributed by atoms with Gasteiger partial charge >= 0.3 is 0 Å². The summed E-state index contributed by atoms with van der Waals surface area (Å²) in [5.74, 6) is 0.703. The third-order valence-electron chi connectivity index (χ3n) is 1.76. The molecule has 0 radical (unpaired) electrons. The quantitative estimate of drug-likeness (QED) is 0.586. The van der Waals surface area contributed by atoms with Crippen LogP contribution in [0.2, 0.25) is 5.02 Å². The van der Waals surface area contributed by atoms with Crippen molar-refractivity contribution in [3.63, 3.8) is 0 Å². The van der Waals surface area contributed by atoms with Crippen LogP contribution >= 0.6 is 66.4 Å². The number of alkyl halides is 1. The van der Waals surface area contributed by atoms with E-state index in [4.69, 9.17) is 27.6 Å². The molecule has 0 aromatic carbocycles. The predicted molar refractivity (Wildman–Crippen MR) is 71.1 cm³/mol. The Hall–Kier alpha value is 0.520. The minimum Gasteiger partial charge on any atom is -0.452 e. The first kappa shape index (κ1) is 12.0. The molecule has 0 aliphatic rings. The highest BCUT2D eigenvalue weighted by Gasteiger charge is 2.18. The molecule has 1 atom stereocenters. The van der Waals surface area contributed by atoms with E-state index >= 15 is 0 Å². The fraction of sp³-hybridized carbons (Fsp3) is 0.111. The van der Waals surface area contributed by atoms with Crippen LogP contribution < -0.4 is 0 Å². The summed E-state index contributed by atoms with van der Waals surface area (Å²) in [5.41, 5.74) is 0. The van der Waals surface area contributed by atoms with E-state index in [0.29, 0.717) is 15.5 Å². The molecular formula is C9H4Br2Cl2OS. The maximum absolute atomic E-state index is 6.25. The smallest absolute Gasteiger partial charge is 0.169 e. The minimum atomic E-state index is -0.301. The Morgan fingerprint density at radius 2 is 2.07 bits per heavy atom. The SMILES string of the molecule is Clc1cc(C(Cl)c2ccc(Br)o2)sc1Br. The summed E-state index contributed by atoms with van der Waals surface area (Å²) in [7, 11) is 0. The third-order valence-corrected chi connectivity index (χ3v) is 5.30. The van der Waals surface area contributed by atoms with Gasteiger partial charge in [-0.3, -0.25) is 0 Å². The van der Waals surface area contributed by atoms with Crippen molar-refractivity contribution in [1.82, 2.24) is 0 Å². The molecule has 0 amide bonds. The van der Waals surface area contributed by atoms with Gasteiger partial charge in [0.2, 0.25) is 0 Å². The van der Waals surface area contributed by atoms with Crippen molar-refractivity contribution in [3.05, 3.63) is 42.3 Å². The standard InChI is InChI=1S/C9H4Br2Cl2OS/c10-7-2-1-5(14-7)8(13)6-3-4(12)9(11)15-6/h1-3,8H. The van der Waals surface area contributed by atoms with Gasteiger partial charge in [0, 0.05) is 4.88 Å². The molecule has 1 unspecified atom stereocenters. The van der Waals surface area contributed by atoms with Crippen molar-refractivity contribution >= 4 is 66.4 Å². The van der Waals surface area contributed by atoms with Crippen molar-refractivity contribution in [1.29, 1.82) is 0 Å². The van der Waals surface area contributed by atoms with Crippen LogP contribution in [0, 0.1) is 0 Å². The van der Waals surface area contributed by atoms with Gasteiger partial charge in [-0.2, -0.15) is 0 Å². The molecule has 80 valence electrons. The van der Waals surface area contributed by atoms with Crippen LogP contribution in [0.15, 0.2) is 31.1 Å². The van der Waals surface area contributed by atoms with Gasteiger partial charge in [0.25, 0.3) is 0 Å². The molecule has 0 fully saturated rings. The summed E-state index contributed by atoms with van der Waals surface area (Å²) in [6.45, 7) is 0. The van der Waals surface area contributed by atoms with Crippen LogP contribution in [0.5, 0.6) is 0 Å². The number of hydrogen-bond acceptors (Lipinski definition) is 2. The monoisotopic (exact) mass is 388 g/mol. The highest BCUT2D eigenvalue weighted by Crippen LogP contribution is 2.40. The van der Waals surface area contributed by atoms with Gasteiger partial charge in [-0.25, -0.2) is 0 Å². The van der Waals surface area contributed by atoms with Crippen molar-refractivity contribution < 1.29 is 4.42 Å². The molecule has 2 heterocycles. The summed E-state index contributed by atoms with van der Waals surface area (Å²) in [6.07, 6.45) is 0. The van der Waals surface area contributed by atoms with Crippen molar-refractivity contribution in [2.75, 3.05) is 0 Å². The Balaban J connectivity index is 2.31. The Morgan fingerprint density at radius 3 is 2.53 bits per heavy atom. The zero-order valence-corrected chi connectivity index (χ0v) is 12.6. The van der Waals surface area contributed by atoms with E-state index in [9.17, 15) is 0 Å². The van der Waals surface area contributed by atoms with Gasteiger partial charge in [-0.1, -0.05) is 11.6 Å². The first-order valence-corrected chi connectivity index (χ1v) is 7.13. The van der Waals surface area contributed by atoms with Crippen LogP contribution in [-0.2, 0) is 0 Å². The fourth-order valence-corrected chi connectivity index (χ4v) is 3.46. The van der Waals surface area contributed by atoms with Crippen LogP contribution in [0.1, 0.15) is 16.0 Å². The first-order valence-electron chi connectivity index (χ1n) is 3.92. The number of rotatable bonds is 2. The molecule has 1 nitrogen and oxygen atoms in total. The van der Waals surface area contributed by atoms with E-state index in [1.165, 1.54) is 11.3 Å². The first-order chi connectivity index (χ1) is 7.08. The summed E-state index contributed by atoms with van der Waals surface area (Å²) < 4.78 is 6.94. The molecule has 6 heteroatoms. The number of halogens is 4. The van der Waals surface area contributed by atoms with Crippen LogP contribution in [-0.4, -0.2) is 0 Å². The van der Waals surface area contributed by atoms with Gasteiger partial charge in [0.05, 0.1) is 8.81 Å². The Kier molecular flexibility index (Phi) is 3.83. The zero-order valence-electron chi connectivity index (χ0n) is 7.14. The van der Waals surface area contributed by atoms with Gasteiger partial charge in [0.15, 0.2) is 4.67 Å². The van der Waals surface area contributed by atoms with Gasteiger partial charge in [-0.15, -0.1) is 22.9 Å². The second-order valence-electron chi connectivity index (χ2n) is 2.77. The normalized spacial score (nSPS) is 13.1. The number of thiophene rings is 1. The van der Waals surface area contributed by atoms with Crippen molar-refractivity contribution in [3.8, 4) is 0 Å². The lowest BCUT2D eigenvalue weighted by atomic mass is 10.3. The van der Waals surface area contributed by atoms with E-state index in [2.05, 4.69) is 31.9 Å². The molecule has 15 heavy (non-hydrogen) atoms. The minimum absolute atomic E-state index is 0.301. The average Bonchev–Trinajstić information content (AvgIpc) is 2.74. The van der Waals surface area contributed by atoms with E-state index in [-0.39, 0.29) is 5.38 Å². The van der Waals surface area contributed by atoms with Crippen molar-refractivity contribution in [2.24, 2.45) is 0 Å². The lowest BCUT2D eigenvalue weighted by Crippen LogP contribution is -1.85. The fourth-order valence-electron chi connectivity index (χ4n) is 1.09. The van der Waals surface area contributed by atoms with Crippen LogP contribution in [0.3, 0.4) is 0 Å². The number of furan rings is 1. The molecule has 0 spiro atoms. The molecule has 2 aromatic heterocycles. The van der Waals surface area contributed by atoms with Gasteiger partial charge < -0.3 is 4.42 Å². The summed E-state index contributed by atoms with van der Waals surface area (Å²) in [6, 6.07) is 5.49. The van der Waals surface area contributed by atoms with E-state index < -0.39 is 0 Å². The maximum atomic E-state index is 6.25. The van der Waals surface area contributed by atoms with Crippen LogP contribution in [0.4, 0.5) is 0 Å². The van der Waals surface area contributed by atoms with E-state index in [1.54, 1.807) is 0 Å². The van der Waals surface area contributed by atoms with Gasteiger partial charge in [0.1, 0.15) is 11.1 Å². The highest BCUT2D eigenvalue weighted by molar-refractivity contribution is 9.11.